The molecule has 0 saturated heterocycles. The molecule has 0 aromatic heterocycles. The van der Waals surface area contributed by atoms with Gasteiger partial charge in [0.25, 0.3) is 0 Å². The molecule has 0 aliphatic heterocycles. The van der Waals surface area contributed by atoms with Crippen LogP contribution in [0.4, 0.5) is 0 Å². The van der Waals surface area contributed by atoms with Gasteiger partial charge >= 0.3 is 19.8 Å². The fourth-order valence-electron chi connectivity index (χ4n) is 5.90. The molecule has 51 heavy (non-hydrogen) atoms. The molecule has 0 aromatic rings. The lowest BCUT2D eigenvalue weighted by Gasteiger charge is -2.18. The number of carboxylic acid groups (broad SMARTS) is 1. The predicted octanol–water partition coefficient (Wildman–Crippen LogP) is 9.95. The van der Waals surface area contributed by atoms with Crippen LogP contribution < -0.4 is 5.32 Å². The summed E-state index contributed by atoms with van der Waals surface area (Å²) in [5.41, 5.74) is 0. The SMILES string of the molecule is CCCCCCCCCCCCCCCCCCCCCCCCCC(=O)OCC(O)COP(=O)(O)OCC(NC(=O)CCCCCC)C(=O)O. The van der Waals surface area contributed by atoms with Crippen molar-refractivity contribution < 1.29 is 47.8 Å². The monoisotopic (exact) mass is 750 g/mol. The lowest BCUT2D eigenvalue weighted by Crippen LogP contribution is -2.43. The minimum atomic E-state index is -4.73. The van der Waals surface area contributed by atoms with Crippen molar-refractivity contribution in [3.8, 4) is 0 Å². The number of carbonyl (C=O) groups excluding carboxylic acids is 2. The van der Waals surface area contributed by atoms with Crippen LogP contribution in [-0.4, -0.2) is 64.9 Å². The average Bonchev–Trinajstić information content (AvgIpc) is 3.10. The van der Waals surface area contributed by atoms with E-state index in [0.717, 1.165) is 38.5 Å². The van der Waals surface area contributed by atoms with E-state index in [1.54, 1.807) is 0 Å². The van der Waals surface area contributed by atoms with E-state index in [1.165, 1.54) is 122 Å². The Morgan fingerprint density at radius 1 is 0.549 bits per heavy atom. The summed E-state index contributed by atoms with van der Waals surface area (Å²) in [6, 6.07) is -1.54. The number of unbranched alkanes of at least 4 members (excludes halogenated alkanes) is 25. The van der Waals surface area contributed by atoms with Gasteiger partial charge in [-0.3, -0.25) is 18.6 Å². The normalized spacial score (nSPS) is 13.8. The molecule has 0 bridgehead atoms. The molecule has 1 amide bonds. The third kappa shape index (κ3) is 35.3. The molecule has 0 rings (SSSR count). The summed E-state index contributed by atoms with van der Waals surface area (Å²) in [6.07, 6.45) is 32.4. The Morgan fingerprint density at radius 3 is 1.31 bits per heavy atom. The van der Waals surface area contributed by atoms with Gasteiger partial charge in [0.1, 0.15) is 12.7 Å². The fourth-order valence-corrected chi connectivity index (χ4v) is 6.68. The highest BCUT2D eigenvalue weighted by molar-refractivity contribution is 7.47. The molecule has 4 N–H and O–H groups in total. The van der Waals surface area contributed by atoms with Gasteiger partial charge in [-0.1, -0.05) is 174 Å². The van der Waals surface area contributed by atoms with Crippen molar-refractivity contribution in [2.24, 2.45) is 0 Å². The number of ether oxygens (including phenoxy) is 1. The Bertz CT molecular complexity index is 890. The largest absolute Gasteiger partial charge is 0.480 e. The van der Waals surface area contributed by atoms with Gasteiger partial charge in [-0.15, -0.1) is 0 Å². The van der Waals surface area contributed by atoms with E-state index in [-0.39, 0.29) is 12.8 Å². The lowest BCUT2D eigenvalue weighted by atomic mass is 10.0. The first kappa shape index (κ1) is 49.5. The third-order valence-corrected chi connectivity index (χ3v) is 10.1. The molecule has 0 fully saturated rings. The second-order valence-corrected chi connectivity index (χ2v) is 15.6. The van der Waals surface area contributed by atoms with Gasteiger partial charge in [-0.2, -0.15) is 0 Å². The van der Waals surface area contributed by atoms with E-state index in [4.69, 9.17) is 13.8 Å². The number of carbonyl (C=O) groups is 3. The van der Waals surface area contributed by atoms with Crippen molar-refractivity contribution >= 4 is 25.7 Å². The average molecular weight is 750 g/mol. The van der Waals surface area contributed by atoms with Gasteiger partial charge in [0.05, 0.1) is 13.2 Å². The number of aliphatic carboxylic acids is 1. The van der Waals surface area contributed by atoms with Crippen LogP contribution in [0.2, 0.25) is 0 Å². The number of hydrogen-bond donors (Lipinski definition) is 4. The number of nitrogens with one attached hydrogen (secondary N) is 1. The topological polar surface area (TPSA) is 169 Å². The number of hydrogen-bond acceptors (Lipinski definition) is 8. The first-order valence-corrected chi connectivity index (χ1v) is 22.1. The summed E-state index contributed by atoms with van der Waals surface area (Å²) in [6.45, 7) is 2.43. The maximum absolute atomic E-state index is 12.1. The zero-order valence-corrected chi connectivity index (χ0v) is 33.3. The molecule has 0 aliphatic carbocycles. The van der Waals surface area contributed by atoms with Gasteiger partial charge in [-0.25, -0.2) is 9.36 Å². The number of aliphatic hydroxyl groups is 1. The quantitative estimate of drug-likeness (QED) is 0.0270. The summed E-state index contributed by atoms with van der Waals surface area (Å²) in [5.74, 6) is -2.38. The maximum atomic E-state index is 12.1. The van der Waals surface area contributed by atoms with Gasteiger partial charge in [0, 0.05) is 12.8 Å². The van der Waals surface area contributed by atoms with Crippen molar-refractivity contribution in [1.82, 2.24) is 5.32 Å². The third-order valence-electron chi connectivity index (χ3n) is 9.15. The molecule has 0 spiro atoms. The van der Waals surface area contributed by atoms with Crippen molar-refractivity contribution in [3.63, 3.8) is 0 Å². The molecule has 0 saturated carbocycles. The second kappa shape index (κ2) is 35.5. The molecule has 0 aromatic carbocycles. The Morgan fingerprint density at radius 2 is 0.902 bits per heavy atom. The molecule has 3 unspecified atom stereocenters. The van der Waals surface area contributed by atoms with Crippen LogP contribution in [0.5, 0.6) is 0 Å². The van der Waals surface area contributed by atoms with Crippen LogP contribution in [0.1, 0.15) is 200 Å². The van der Waals surface area contributed by atoms with Crippen LogP contribution in [0.3, 0.4) is 0 Å². The van der Waals surface area contributed by atoms with E-state index in [2.05, 4.69) is 12.2 Å². The molecular formula is C39H76NO10P. The number of amides is 1. The number of aliphatic hydroxyl groups excluding tert-OH is 1. The van der Waals surface area contributed by atoms with Crippen LogP contribution in [0.15, 0.2) is 0 Å². The smallest absolute Gasteiger partial charge is 0.472 e. The van der Waals surface area contributed by atoms with Gasteiger partial charge in [-0.05, 0) is 12.8 Å². The maximum Gasteiger partial charge on any atom is 0.472 e. The van der Waals surface area contributed by atoms with Crippen LogP contribution in [0.25, 0.3) is 0 Å². The minimum Gasteiger partial charge on any atom is -0.480 e. The molecular weight excluding hydrogens is 673 g/mol. The van der Waals surface area contributed by atoms with Crippen LogP contribution in [-0.2, 0) is 32.7 Å². The Kier molecular flexibility index (Phi) is 34.4. The molecule has 12 heteroatoms. The highest BCUT2D eigenvalue weighted by Crippen LogP contribution is 2.43. The zero-order chi connectivity index (χ0) is 37.8. The van der Waals surface area contributed by atoms with E-state index in [0.29, 0.717) is 12.8 Å². The first-order chi connectivity index (χ1) is 24.6. The van der Waals surface area contributed by atoms with E-state index < -0.39 is 57.6 Å². The van der Waals surface area contributed by atoms with Crippen molar-refractivity contribution in [2.75, 3.05) is 19.8 Å². The summed E-state index contributed by atoms with van der Waals surface area (Å²) < 4.78 is 26.6. The first-order valence-electron chi connectivity index (χ1n) is 20.6. The summed E-state index contributed by atoms with van der Waals surface area (Å²) in [4.78, 5) is 45.2. The molecule has 11 nitrogen and oxygen atoms in total. The Hall–Kier alpha value is -1.52. The highest BCUT2D eigenvalue weighted by atomic mass is 31.2. The van der Waals surface area contributed by atoms with Gasteiger partial charge in [0.15, 0.2) is 6.04 Å². The summed E-state index contributed by atoms with van der Waals surface area (Å²) >= 11 is 0. The van der Waals surface area contributed by atoms with Gasteiger partial charge < -0.3 is 25.2 Å². The molecule has 302 valence electrons. The lowest BCUT2D eigenvalue weighted by molar-refractivity contribution is -0.147. The summed E-state index contributed by atoms with van der Waals surface area (Å²) in [5, 5.41) is 21.5. The fraction of sp³-hybridized carbons (Fsp3) is 0.923. The molecule has 3 atom stereocenters. The Balaban J connectivity index is 3.66. The minimum absolute atomic E-state index is 0.141. The predicted molar refractivity (Wildman–Crippen MR) is 204 cm³/mol. The number of phosphoric ester groups is 1. The standard InChI is InChI=1S/C39H76NO10P/c1-3-5-7-9-10-11-12-13-14-15-16-17-18-19-20-21-22-23-24-25-26-27-29-31-38(43)48-32-35(41)33-49-51(46,47)50-34-36(39(44)45)40-37(42)30-28-8-6-4-2/h35-36,41H,3-34H2,1-2H3,(H,40,42)(H,44,45)(H,46,47). The summed E-state index contributed by atoms with van der Waals surface area (Å²) in [7, 11) is -4.73. The van der Waals surface area contributed by atoms with Gasteiger partial charge in [0.2, 0.25) is 5.91 Å². The zero-order valence-electron chi connectivity index (χ0n) is 32.4. The number of carboxylic acids is 1. The van der Waals surface area contributed by atoms with Crippen molar-refractivity contribution in [2.45, 2.75) is 212 Å². The van der Waals surface area contributed by atoms with Crippen LogP contribution in [0, 0.1) is 0 Å². The van der Waals surface area contributed by atoms with E-state index in [1.807, 2.05) is 6.92 Å². The number of esters is 1. The van der Waals surface area contributed by atoms with Crippen LogP contribution >= 0.6 is 7.82 Å². The Labute approximate surface area is 310 Å². The molecule has 0 aliphatic rings. The number of phosphoric acid groups is 1. The van der Waals surface area contributed by atoms with Crippen molar-refractivity contribution in [1.29, 1.82) is 0 Å². The van der Waals surface area contributed by atoms with Crippen molar-refractivity contribution in [3.05, 3.63) is 0 Å². The molecule has 0 heterocycles. The highest BCUT2D eigenvalue weighted by Gasteiger charge is 2.28. The number of rotatable bonds is 39. The molecule has 0 radical (unpaired) electrons. The van der Waals surface area contributed by atoms with E-state index >= 15 is 0 Å². The second-order valence-electron chi connectivity index (χ2n) is 14.2. The van der Waals surface area contributed by atoms with E-state index in [9.17, 15) is 34.1 Å².